The third kappa shape index (κ3) is 5.40. The molecule has 0 aliphatic carbocycles. The molecule has 0 saturated heterocycles. The Morgan fingerprint density at radius 2 is 2.18 bits per heavy atom. The number of thiazole rings is 1. The van der Waals surface area contributed by atoms with Gasteiger partial charge in [0.15, 0.2) is 0 Å². The van der Waals surface area contributed by atoms with Crippen LogP contribution in [-0.4, -0.2) is 16.8 Å². The van der Waals surface area contributed by atoms with Gasteiger partial charge in [0.05, 0.1) is 5.69 Å². The van der Waals surface area contributed by atoms with Crippen molar-refractivity contribution in [3.63, 3.8) is 0 Å². The van der Waals surface area contributed by atoms with Crippen molar-refractivity contribution in [3.8, 4) is 0 Å². The fourth-order valence-electron chi connectivity index (χ4n) is 1.42. The summed E-state index contributed by atoms with van der Waals surface area (Å²) in [6.45, 7) is 10.9. The summed E-state index contributed by atoms with van der Waals surface area (Å²) >= 11 is 3.88. The van der Waals surface area contributed by atoms with Crippen LogP contribution >= 0.6 is 23.1 Å². The van der Waals surface area contributed by atoms with Gasteiger partial charge in [0.2, 0.25) is 0 Å². The highest BCUT2D eigenvalue weighted by molar-refractivity contribution is 7.99. The van der Waals surface area contributed by atoms with Crippen LogP contribution in [0.3, 0.4) is 0 Å². The maximum Gasteiger partial charge on any atom is 0.103 e. The molecule has 1 N–H and O–H groups in total. The normalized spacial score (nSPS) is 12.9. The lowest BCUT2D eigenvalue weighted by molar-refractivity contribution is 0.678. The summed E-state index contributed by atoms with van der Waals surface area (Å²) < 4.78 is 0. The van der Waals surface area contributed by atoms with Crippen molar-refractivity contribution < 1.29 is 0 Å². The predicted octanol–water partition coefficient (Wildman–Crippen LogP) is 3.98. The molecule has 4 heteroatoms. The molecule has 1 aromatic heterocycles. The minimum Gasteiger partial charge on any atom is -0.312 e. The van der Waals surface area contributed by atoms with Crippen LogP contribution < -0.4 is 5.32 Å². The number of rotatable bonds is 8. The van der Waals surface area contributed by atoms with Crippen LogP contribution in [0.2, 0.25) is 0 Å². The van der Waals surface area contributed by atoms with Gasteiger partial charge in [-0.15, -0.1) is 11.3 Å². The summed E-state index contributed by atoms with van der Waals surface area (Å²) in [4.78, 5) is 6.05. The highest BCUT2D eigenvalue weighted by Crippen LogP contribution is 2.25. The first-order valence-corrected chi connectivity index (χ1v) is 8.31. The maximum absolute atomic E-state index is 4.65. The van der Waals surface area contributed by atoms with Crippen LogP contribution in [0, 0.1) is 6.92 Å². The summed E-state index contributed by atoms with van der Waals surface area (Å²) in [5, 5.41) is 5.46. The van der Waals surface area contributed by atoms with Gasteiger partial charge < -0.3 is 5.32 Å². The number of nitrogens with one attached hydrogen (secondary N) is 1. The molecule has 1 unspecified atom stereocenters. The minimum atomic E-state index is 0.737. The Morgan fingerprint density at radius 1 is 1.41 bits per heavy atom. The van der Waals surface area contributed by atoms with Gasteiger partial charge in [-0.3, -0.25) is 0 Å². The number of aryl methyl sites for hydroxylation is 1. The quantitative estimate of drug-likeness (QED) is 0.725. The molecular formula is C13H24N2S2. The fourth-order valence-corrected chi connectivity index (χ4v) is 3.43. The Hall–Kier alpha value is -0.0600. The van der Waals surface area contributed by atoms with E-state index in [1.165, 1.54) is 28.4 Å². The van der Waals surface area contributed by atoms with Gasteiger partial charge in [-0.1, -0.05) is 20.8 Å². The first-order chi connectivity index (χ1) is 8.17. The van der Waals surface area contributed by atoms with E-state index >= 15 is 0 Å². The molecule has 1 atom stereocenters. The molecule has 0 spiro atoms. The third-order valence-corrected chi connectivity index (χ3v) is 5.40. The van der Waals surface area contributed by atoms with Crippen LogP contribution in [0.5, 0.6) is 0 Å². The number of hydrogen-bond acceptors (Lipinski definition) is 4. The summed E-state index contributed by atoms with van der Waals surface area (Å²) in [6.07, 6.45) is 2.43. The van der Waals surface area contributed by atoms with E-state index in [0.717, 1.165) is 24.1 Å². The third-order valence-electron chi connectivity index (χ3n) is 2.72. The van der Waals surface area contributed by atoms with E-state index in [1.54, 1.807) is 0 Å². The van der Waals surface area contributed by atoms with Crippen molar-refractivity contribution in [2.75, 3.05) is 6.54 Å². The highest BCUT2D eigenvalue weighted by atomic mass is 32.2. The van der Waals surface area contributed by atoms with E-state index in [4.69, 9.17) is 0 Å². The van der Waals surface area contributed by atoms with E-state index in [1.807, 2.05) is 23.1 Å². The monoisotopic (exact) mass is 272 g/mol. The molecule has 0 fully saturated rings. The van der Waals surface area contributed by atoms with Gasteiger partial charge in [-0.05, 0) is 26.3 Å². The van der Waals surface area contributed by atoms with Gasteiger partial charge in [0, 0.05) is 22.4 Å². The van der Waals surface area contributed by atoms with E-state index < -0.39 is 0 Å². The Labute approximate surface area is 114 Å². The molecule has 0 aromatic carbocycles. The lowest BCUT2D eigenvalue weighted by Crippen LogP contribution is -2.13. The second-order valence-corrected chi connectivity index (χ2v) is 6.92. The minimum absolute atomic E-state index is 0.737. The highest BCUT2D eigenvalue weighted by Gasteiger charge is 2.08. The number of hydrogen-bond donors (Lipinski definition) is 1. The fraction of sp³-hybridized carbons (Fsp3) is 0.769. The zero-order valence-corrected chi connectivity index (χ0v) is 13.0. The summed E-state index contributed by atoms with van der Waals surface area (Å²) in [5.74, 6) is 1.06. The van der Waals surface area contributed by atoms with E-state index in [-0.39, 0.29) is 0 Å². The molecule has 0 aliphatic heterocycles. The lowest BCUT2D eigenvalue weighted by Gasteiger charge is -2.05. The summed E-state index contributed by atoms with van der Waals surface area (Å²) in [7, 11) is 0. The van der Waals surface area contributed by atoms with Crippen molar-refractivity contribution in [2.45, 2.75) is 58.1 Å². The van der Waals surface area contributed by atoms with Crippen molar-refractivity contribution in [1.82, 2.24) is 10.3 Å². The first-order valence-electron chi connectivity index (χ1n) is 6.44. The molecule has 0 amide bonds. The van der Waals surface area contributed by atoms with Crippen LogP contribution in [-0.2, 0) is 12.3 Å². The first kappa shape index (κ1) is 15.0. The van der Waals surface area contributed by atoms with Gasteiger partial charge in [-0.25, -0.2) is 4.98 Å². The molecule has 0 saturated carbocycles. The van der Waals surface area contributed by atoms with Gasteiger partial charge in [-0.2, -0.15) is 11.8 Å². The predicted molar refractivity (Wildman–Crippen MR) is 79.9 cm³/mol. The number of thioether (sulfide) groups is 1. The average Bonchev–Trinajstić information content (AvgIpc) is 2.67. The summed E-state index contributed by atoms with van der Waals surface area (Å²) in [6, 6.07) is 0. The summed E-state index contributed by atoms with van der Waals surface area (Å²) in [5.41, 5.74) is 1.21. The average molecular weight is 272 g/mol. The van der Waals surface area contributed by atoms with Crippen molar-refractivity contribution >= 4 is 23.1 Å². The molecule has 0 aliphatic rings. The van der Waals surface area contributed by atoms with E-state index in [0.29, 0.717) is 0 Å². The standard InChI is InChI=1S/C13H24N2S2/c1-5-7-14-8-12-11(4)15-13(17-12)9-16-10(3)6-2/h10,14H,5-9H2,1-4H3. The molecule has 2 nitrogen and oxygen atoms in total. The second-order valence-electron chi connectivity index (χ2n) is 4.32. The smallest absolute Gasteiger partial charge is 0.103 e. The molecule has 17 heavy (non-hydrogen) atoms. The van der Waals surface area contributed by atoms with Gasteiger partial charge >= 0.3 is 0 Å². The van der Waals surface area contributed by atoms with Gasteiger partial charge in [0.1, 0.15) is 5.01 Å². The Kier molecular flexibility index (Phi) is 7.16. The molecule has 0 bridgehead atoms. The lowest BCUT2D eigenvalue weighted by atomic mass is 10.4. The van der Waals surface area contributed by atoms with Crippen molar-refractivity contribution in [1.29, 1.82) is 0 Å². The second kappa shape index (κ2) is 8.11. The van der Waals surface area contributed by atoms with E-state index in [2.05, 4.69) is 38.0 Å². The Balaban J connectivity index is 2.44. The zero-order chi connectivity index (χ0) is 12.7. The molecule has 0 radical (unpaired) electrons. The number of nitrogens with zero attached hydrogens (tertiary/aromatic N) is 1. The van der Waals surface area contributed by atoms with Crippen LogP contribution in [0.25, 0.3) is 0 Å². The molecule has 98 valence electrons. The zero-order valence-electron chi connectivity index (χ0n) is 11.4. The molecule has 1 aromatic rings. The van der Waals surface area contributed by atoms with Crippen LogP contribution in [0.1, 0.15) is 49.2 Å². The Bertz CT molecular complexity index is 323. The molecule has 1 rings (SSSR count). The largest absolute Gasteiger partial charge is 0.312 e. The van der Waals surface area contributed by atoms with Crippen LogP contribution in [0.4, 0.5) is 0 Å². The molecule has 1 heterocycles. The Morgan fingerprint density at radius 3 is 2.82 bits per heavy atom. The van der Waals surface area contributed by atoms with Crippen molar-refractivity contribution in [2.24, 2.45) is 0 Å². The van der Waals surface area contributed by atoms with E-state index in [9.17, 15) is 0 Å². The van der Waals surface area contributed by atoms with Crippen LogP contribution in [0.15, 0.2) is 0 Å². The SMILES string of the molecule is CCCNCc1sc(CSC(C)CC)nc1C. The molecular weight excluding hydrogens is 248 g/mol. The van der Waals surface area contributed by atoms with Gasteiger partial charge in [0.25, 0.3) is 0 Å². The van der Waals surface area contributed by atoms with Crippen molar-refractivity contribution in [3.05, 3.63) is 15.6 Å². The topological polar surface area (TPSA) is 24.9 Å². The maximum atomic E-state index is 4.65. The number of aromatic nitrogens is 1.